The van der Waals surface area contributed by atoms with Crippen molar-refractivity contribution in [2.75, 3.05) is 22.5 Å². The summed E-state index contributed by atoms with van der Waals surface area (Å²) in [6.45, 7) is 7.19. The molecular weight excluding hydrogens is 392 g/mol. The van der Waals surface area contributed by atoms with E-state index in [1.165, 1.54) is 13.0 Å². The molecule has 7 nitrogen and oxygen atoms in total. The van der Waals surface area contributed by atoms with E-state index in [9.17, 15) is 18.0 Å². The predicted octanol–water partition coefficient (Wildman–Crippen LogP) is 3.27. The quantitative estimate of drug-likeness (QED) is 0.697. The number of rotatable bonds is 7. The molecule has 0 radical (unpaired) electrons. The van der Waals surface area contributed by atoms with Crippen molar-refractivity contribution >= 4 is 33.3 Å². The SMILES string of the molecule is CCOC(=O)c1cccc(NC(=O)C(C)N(c2cc(C)cc(C)c2)S(C)(=O)=O)c1. The first-order valence-electron chi connectivity index (χ1n) is 9.18. The minimum Gasteiger partial charge on any atom is -0.462 e. The number of aryl methyl sites for hydroxylation is 2. The number of esters is 1. The van der Waals surface area contributed by atoms with Crippen LogP contribution in [0.1, 0.15) is 35.3 Å². The van der Waals surface area contributed by atoms with E-state index in [0.29, 0.717) is 16.9 Å². The maximum Gasteiger partial charge on any atom is 0.338 e. The number of anilines is 2. The molecular formula is C21H26N2O5S. The van der Waals surface area contributed by atoms with Gasteiger partial charge in [0.25, 0.3) is 0 Å². The van der Waals surface area contributed by atoms with Crippen LogP contribution in [0.2, 0.25) is 0 Å². The van der Waals surface area contributed by atoms with Gasteiger partial charge < -0.3 is 10.1 Å². The van der Waals surface area contributed by atoms with Crippen molar-refractivity contribution in [1.82, 2.24) is 0 Å². The summed E-state index contributed by atoms with van der Waals surface area (Å²) in [5.74, 6) is -1.01. The zero-order chi connectivity index (χ0) is 21.8. The van der Waals surface area contributed by atoms with Gasteiger partial charge in [-0.25, -0.2) is 13.2 Å². The van der Waals surface area contributed by atoms with Gasteiger partial charge in [0.15, 0.2) is 0 Å². The zero-order valence-corrected chi connectivity index (χ0v) is 18.0. The van der Waals surface area contributed by atoms with Gasteiger partial charge in [-0.1, -0.05) is 12.1 Å². The van der Waals surface area contributed by atoms with Gasteiger partial charge in [-0.05, 0) is 69.2 Å². The molecule has 1 amide bonds. The van der Waals surface area contributed by atoms with Crippen molar-refractivity contribution < 1.29 is 22.7 Å². The van der Waals surface area contributed by atoms with E-state index in [1.54, 1.807) is 37.3 Å². The highest BCUT2D eigenvalue weighted by Gasteiger charge is 2.29. The van der Waals surface area contributed by atoms with Gasteiger partial charge in [0.2, 0.25) is 15.9 Å². The van der Waals surface area contributed by atoms with Crippen molar-refractivity contribution in [2.45, 2.75) is 33.7 Å². The Kier molecular flexibility index (Phi) is 7.02. The van der Waals surface area contributed by atoms with Crippen LogP contribution in [0, 0.1) is 13.8 Å². The normalized spacial score (nSPS) is 12.2. The fourth-order valence-electron chi connectivity index (χ4n) is 3.07. The van der Waals surface area contributed by atoms with E-state index < -0.39 is 27.9 Å². The summed E-state index contributed by atoms with van der Waals surface area (Å²) in [6, 6.07) is 10.7. The Hall–Kier alpha value is -2.87. The van der Waals surface area contributed by atoms with Gasteiger partial charge in [0.05, 0.1) is 24.1 Å². The molecule has 1 atom stereocenters. The van der Waals surface area contributed by atoms with E-state index in [4.69, 9.17) is 4.74 Å². The van der Waals surface area contributed by atoms with E-state index in [2.05, 4.69) is 5.32 Å². The van der Waals surface area contributed by atoms with E-state index >= 15 is 0 Å². The van der Waals surface area contributed by atoms with Crippen LogP contribution in [0.3, 0.4) is 0 Å². The van der Waals surface area contributed by atoms with Gasteiger partial charge in [0, 0.05) is 5.69 Å². The number of ether oxygens (including phenoxy) is 1. The van der Waals surface area contributed by atoms with Crippen molar-refractivity contribution in [3.8, 4) is 0 Å². The molecule has 0 saturated carbocycles. The summed E-state index contributed by atoms with van der Waals surface area (Å²) in [4.78, 5) is 24.7. The fraction of sp³-hybridized carbons (Fsp3) is 0.333. The maximum atomic E-state index is 12.8. The van der Waals surface area contributed by atoms with Crippen molar-refractivity contribution in [3.05, 3.63) is 59.2 Å². The second kappa shape index (κ2) is 9.09. The molecule has 29 heavy (non-hydrogen) atoms. The highest BCUT2D eigenvalue weighted by atomic mass is 32.2. The lowest BCUT2D eigenvalue weighted by Gasteiger charge is -2.28. The second-order valence-electron chi connectivity index (χ2n) is 6.87. The third-order valence-corrected chi connectivity index (χ3v) is 5.43. The summed E-state index contributed by atoms with van der Waals surface area (Å²) in [5.41, 5.74) is 2.88. The van der Waals surface area contributed by atoms with Gasteiger partial charge in [-0.15, -0.1) is 0 Å². The van der Waals surface area contributed by atoms with Crippen LogP contribution < -0.4 is 9.62 Å². The minimum absolute atomic E-state index is 0.242. The Morgan fingerprint density at radius 1 is 1.10 bits per heavy atom. The molecule has 2 aromatic rings. The molecule has 8 heteroatoms. The number of amides is 1. The third-order valence-electron chi connectivity index (χ3n) is 4.19. The first-order valence-corrected chi connectivity index (χ1v) is 11.0. The summed E-state index contributed by atoms with van der Waals surface area (Å²) in [6.07, 6.45) is 1.07. The number of benzene rings is 2. The minimum atomic E-state index is -3.72. The van der Waals surface area contributed by atoms with E-state index in [0.717, 1.165) is 21.7 Å². The summed E-state index contributed by atoms with van der Waals surface area (Å²) >= 11 is 0. The predicted molar refractivity (Wildman–Crippen MR) is 114 cm³/mol. The number of nitrogens with one attached hydrogen (secondary N) is 1. The number of carbonyl (C=O) groups excluding carboxylic acids is 2. The first-order chi connectivity index (χ1) is 13.5. The van der Waals surface area contributed by atoms with E-state index in [-0.39, 0.29) is 6.61 Å². The molecule has 0 bridgehead atoms. The fourth-order valence-corrected chi connectivity index (χ4v) is 4.23. The Morgan fingerprint density at radius 3 is 2.28 bits per heavy atom. The van der Waals surface area contributed by atoms with Crippen LogP contribution in [0.15, 0.2) is 42.5 Å². The number of hydrogen-bond donors (Lipinski definition) is 1. The average Bonchev–Trinajstić information content (AvgIpc) is 2.60. The molecule has 1 N–H and O–H groups in total. The highest BCUT2D eigenvalue weighted by molar-refractivity contribution is 7.92. The number of nitrogens with zero attached hydrogens (tertiary/aromatic N) is 1. The van der Waals surface area contributed by atoms with Gasteiger partial charge in [-0.2, -0.15) is 0 Å². The molecule has 0 aliphatic rings. The smallest absolute Gasteiger partial charge is 0.338 e. The molecule has 0 heterocycles. The van der Waals surface area contributed by atoms with Crippen LogP contribution in [-0.4, -0.2) is 39.2 Å². The summed E-state index contributed by atoms with van der Waals surface area (Å²) in [5, 5.41) is 2.68. The van der Waals surface area contributed by atoms with E-state index in [1.807, 2.05) is 19.9 Å². The lowest BCUT2D eigenvalue weighted by atomic mass is 10.1. The van der Waals surface area contributed by atoms with Crippen molar-refractivity contribution in [3.63, 3.8) is 0 Å². The Bertz CT molecular complexity index is 997. The molecule has 1 unspecified atom stereocenters. The number of carbonyl (C=O) groups is 2. The Balaban J connectivity index is 2.31. The lowest BCUT2D eigenvalue weighted by molar-refractivity contribution is -0.116. The molecule has 0 aliphatic carbocycles. The molecule has 0 aliphatic heterocycles. The van der Waals surface area contributed by atoms with Crippen LogP contribution in [-0.2, 0) is 19.6 Å². The average molecular weight is 419 g/mol. The lowest BCUT2D eigenvalue weighted by Crippen LogP contribution is -2.45. The maximum absolute atomic E-state index is 12.8. The van der Waals surface area contributed by atoms with Gasteiger partial charge in [-0.3, -0.25) is 9.10 Å². The van der Waals surface area contributed by atoms with Crippen LogP contribution in [0.5, 0.6) is 0 Å². The Morgan fingerprint density at radius 2 is 1.72 bits per heavy atom. The highest BCUT2D eigenvalue weighted by Crippen LogP contribution is 2.24. The van der Waals surface area contributed by atoms with Gasteiger partial charge >= 0.3 is 5.97 Å². The first kappa shape index (κ1) is 22.4. The largest absolute Gasteiger partial charge is 0.462 e. The van der Waals surface area contributed by atoms with Crippen LogP contribution in [0.4, 0.5) is 11.4 Å². The van der Waals surface area contributed by atoms with Crippen LogP contribution in [0.25, 0.3) is 0 Å². The third kappa shape index (κ3) is 5.80. The topological polar surface area (TPSA) is 92.8 Å². The number of sulfonamides is 1. The zero-order valence-electron chi connectivity index (χ0n) is 17.2. The summed E-state index contributed by atoms with van der Waals surface area (Å²) in [7, 11) is -3.72. The molecule has 0 fully saturated rings. The van der Waals surface area contributed by atoms with Gasteiger partial charge in [0.1, 0.15) is 6.04 Å². The molecule has 2 aromatic carbocycles. The van der Waals surface area contributed by atoms with Crippen LogP contribution >= 0.6 is 0 Å². The molecule has 0 saturated heterocycles. The molecule has 0 aromatic heterocycles. The Labute approximate surface area is 171 Å². The summed E-state index contributed by atoms with van der Waals surface area (Å²) < 4.78 is 31.0. The molecule has 0 spiro atoms. The number of hydrogen-bond acceptors (Lipinski definition) is 5. The molecule has 156 valence electrons. The molecule has 2 rings (SSSR count). The van der Waals surface area contributed by atoms with Crippen molar-refractivity contribution in [2.24, 2.45) is 0 Å². The second-order valence-corrected chi connectivity index (χ2v) is 8.73. The van der Waals surface area contributed by atoms with Crippen molar-refractivity contribution in [1.29, 1.82) is 0 Å². The monoisotopic (exact) mass is 418 g/mol. The standard InChI is InChI=1S/C21H26N2O5S/c1-6-28-21(25)17-8-7-9-18(13-17)22-20(24)16(4)23(29(5,26)27)19-11-14(2)10-15(3)12-19/h7-13,16H,6H2,1-5H3,(H,22,24).